The lowest BCUT2D eigenvalue weighted by Gasteiger charge is -2.17. The van der Waals surface area contributed by atoms with Gasteiger partial charge in [-0.05, 0) is 13.8 Å². The van der Waals surface area contributed by atoms with Gasteiger partial charge in [0.15, 0.2) is 6.29 Å². The van der Waals surface area contributed by atoms with Crippen molar-refractivity contribution in [3.05, 3.63) is 0 Å². The Morgan fingerprint density at radius 3 is 2.25 bits per heavy atom. The number of rotatable bonds is 9. The number of carbonyl (C=O) groups excluding carboxylic acids is 1. The van der Waals surface area contributed by atoms with E-state index in [1.807, 2.05) is 13.8 Å². The van der Waals surface area contributed by atoms with Gasteiger partial charge in [0, 0.05) is 24.7 Å². The molecular weight excluding hydrogens is 230 g/mol. The van der Waals surface area contributed by atoms with Crippen molar-refractivity contribution in [1.29, 1.82) is 0 Å². The van der Waals surface area contributed by atoms with Crippen LogP contribution in [0.15, 0.2) is 0 Å². The predicted molar refractivity (Wildman–Crippen MR) is 64.4 cm³/mol. The van der Waals surface area contributed by atoms with E-state index in [4.69, 9.17) is 15.2 Å². The fraction of sp³-hybridized carbons (Fsp3) is 0.900. The first-order valence-electron chi connectivity index (χ1n) is 5.30. The lowest BCUT2D eigenvalue weighted by atomic mass is 10.4. The largest absolute Gasteiger partial charge is 0.468 e. The number of carbonyl (C=O) groups is 1. The molecule has 0 aromatic carbocycles. The molecule has 0 fully saturated rings. The molecule has 96 valence electrons. The monoisotopic (exact) mass is 251 g/mol. The maximum atomic E-state index is 11.0. The fourth-order valence-electron chi connectivity index (χ4n) is 1.03. The van der Waals surface area contributed by atoms with Crippen molar-refractivity contribution in [1.82, 2.24) is 0 Å². The van der Waals surface area contributed by atoms with Crippen LogP contribution in [-0.4, -0.2) is 50.1 Å². The van der Waals surface area contributed by atoms with Crippen LogP contribution in [0.5, 0.6) is 0 Å². The molecule has 0 heterocycles. The molecule has 0 rings (SSSR count). The van der Waals surface area contributed by atoms with Gasteiger partial charge in [-0.15, -0.1) is 0 Å². The van der Waals surface area contributed by atoms with E-state index in [9.17, 15) is 4.79 Å². The third-order valence-corrected chi connectivity index (χ3v) is 2.86. The topological polar surface area (TPSA) is 70.8 Å². The Kier molecular flexibility index (Phi) is 9.71. The summed E-state index contributed by atoms with van der Waals surface area (Å²) in [6.07, 6.45) is -0.232. The fourth-order valence-corrected chi connectivity index (χ4v) is 1.94. The zero-order chi connectivity index (χ0) is 12.4. The SMILES string of the molecule is CCOC(CSCC(N)C(=O)OC)OCC. The van der Waals surface area contributed by atoms with E-state index in [2.05, 4.69) is 4.74 Å². The molecule has 5 nitrogen and oxygen atoms in total. The quantitative estimate of drug-likeness (QED) is 0.478. The molecule has 0 saturated heterocycles. The Morgan fingerprint density at radius 1 is 1.25 bits per heavy atom. The summed E-state index contributed by atoms with van der Waals surface area (Å²) in [7, 11) is 1.33. The minimum absolute atomic E-state index is 0.232. The molecule has 2 N–H and O–H groups in total. The Labute approximate surface area is 101 Å². The van der Waals surface area contributed by atoms with Crippen LogP contribution in [0.2, 0.25) is 0 Å². The molecule has 0 aromatic heterocycles. The lowest BCUT2D eigenvalue weighted by Crippen LogP contribution is -2.34. The van der Waals surface area contributed by atoms with Crippen LogP contribution in [-0.2, 0) is 19.0 Å². The van der Waals surface area contributed by atoms with E-state index in [1.54, 1.807) is 0 Å². The smallest absolute Gasteiger partial charge is 0.323 e. The summed E-state index contributed by atoms with van der Waals surface area (Å²) in [6, 6.07) is -0.584. The normalized spacial score (nSPS) is 12.8. The summed E-state index contributed by atoms with van der Waals surface area (Å²) in [5.41, 5.74) is 5.58. The first-order chi connectivity index (χ1) is 7.65. The van der Waals surface area contributed by atoms with Crippen LogP contribution in [0.1, 0.15) is 13.8 Å². The Bertz CT molecular complexity index is 186. The predicted octanol–water partition coefficient (Wildman–Crippen LogP) is 0.619. The van der Waals surface area contributed by atoms with Crippen molar-refractivity contribution in [3.8, 4) is 0 Å². The van der Waals surface area contributed by atoms with Crippen LogP contribution >= 0.6 is 11.8 Å². The maximum absolute atomic E-state index is 11.0. The molecule has 0 bridgehead atoms. The molecule has 0 aromatic rings. The lowest BCUT2D eigenvalue weighted by molar-refractivity contribution is -0.141. The number of hydrogen-bond donors (Lipinski definition) is 1. The third-order valence-electron chi connectivity index (χ3n) is 1.76. The number of nitrogens with two attached hydrogens (primary N) is 1. The van der Waals surface area contributed by atoms with Gasteiger partial charge in [0.1, 0.15) is 6.04 Å². The molecule has 0 amide bonds. The minimum Gasteiger partial charge on any atom is -0.468 e. The van der Waals surface area contributed by atoms with Gasteiger partial charge in [-0.25, -0.2) is 0 Å². The Morgan fingerprint density at radius 2 is 1.81 bits per heavy atom. The second-order valence-electron chi connectivity index (χ2n) is 3.01. The van der Waals surface area contributed by atoms with Crippen LogP contribution in [0, 0.1) is 0 Å². The standard InChI is InChI=1S/C10H21NO4S/c1-4-14-9(15-5-2)7-16-6-8(11)10(12)13-3/h8-9H,4-7,11H2,1-3H3. The van der Waals surface area contributed by atoms with Crippen LogP contribution in [0.4, 0.5) is 0 Å². The summed E-state index contributed by atoms with van der Waals surface area (Å²) in [4.78, 5) is 11.0. The molecule has 0 aliphatic carbocycles. The number of ether oxygens (including phenoxy) is 3. The highest BCUT2D eigenvalue weighted by Gasteiger charge is 2.15. The highest BCUT2D eigenvalue weighted by molar-refractivity contribution is 7.99. The number of esters is 1. The second kappa shape index (κ2) is 9.89. The first-order valence-corrected chi connectivity index (χ1v) is 6.45. The van der Waals surface area contributed by atoms with E-state index in [1.165, 1.54) is 18.9 Å². The van der Waals surface area contributed by atoms with Gasteiger partial charge in [-0.1, -0.05) is 0 Å². The number of thioether (sulfide) groups is 1. The van der Waals surface area contributed by atoms with Crippen molar-refractivity contribution < 1.29 is 19.0 Å². The Hall–Kier alpha value is -0.300. The summed E-state index contributed by atoms with van der Waals surface area (Å²) >= 11 is 1.52. The van der Waals surface area contributed by atoms with Gasteiger partial charge in [0.2, 0.25) is 0 Å². The van der Waals surface area contributed by atoms with Crippen LogP contribution in [0.3, 0.4) is 0 Å². The van der Waals surface area contributed by atoms with Crippen molar-refractivity contribution >= 4 is 17.7 Å². The number of methoxy groups -OCH3 is 1. The van der Waals surface area contributed by atoms with Crippen molar-refractivity contribution in [3.63, 3.8) is 0 Å². The summed E-state index contributed by atoms with van der Waals surface area (Å²) in [5, 5.41) is 0. The molecule has 0 aliphatic heterocycles. The van der Waals surface area contributed by atoms with Crippen LogP contribution < -0.4 is 5.73 Å². The van der Waals surface area contributed by atoms with E-state index < -0.39 is 12.0 Å². The molecule has 0 aliphatic rings. The van der Waals surface area contributed by atoms with E-state index in [0.29, 0.717) is 24.7 Å². The highest BCUT2D eigenvalue weighted by atomic mass is 32.2. The van der Waals surface area contributed by atoms with Gasteiger partial charge in [0.05, 0.1) is 7.11 Å². The molecule has 0 saturated carbocycles. The summed E-state index contributed by atoms with van der Waals surface area (Å²) in [6.45, 7) is 5.04. The zero-order valence-corrected chi connectivity index (χ0v) is 10.9. The van der Waals surface area contributed by atoms with Gasteiger partial charge in [-0.2, -0.15) is 11.8 Å². The van der Waals surface area contributed by atoms with Crippen molar-refractivity contribution in [2.75, 3.05) is 31.8 Å². The maximum Gasteiger partial charge on any atom is 0.323 e. The van der Waals surface area contributed by atoms with Crippen LogP contribution in [0.25, 0.3) is 0 Å². The summed E-state index contributed by atoms with van der Waals surface area (Å²) in [5.74, 6) is 0.771. The average molecular weight is 251 g/mol. The molecule has 0 spiro atoms. The molecule has 6 heteroatoms. The van der Waals surface area contributed by atoms with Crippen molar-refractivity contribution in [2.45, 2.75) is 26.2 Å². The van der Waals surface area contributed by atoms with E-state index in [0.717, 1.165) is 0 Å². The molecular formula is C10H21NO4S. The minimum atomic E-state index is -0.584. The van der Waals surface area contributed by atoms with Gasteiger partial charge in [0.25, 0.3) is 0 Å². The zero-order valence-electron chi connectivity index (χ0n) is 10.1. The molecule has 0 radical (unpaired) electrons. The molecule has 1 atom stereocenters. The third kappa shape index (κ3) is 7.05. The van der Waals surface area contributed by atoms with Gasteiger partial charge >= 0.3 is 5.97 Å². The summed E-state index contributed by atoms with van der Waals surface area (Å²) < 4.78 is 15.2. The van der Waals surface area contributed by atoms with Gasteiger partial charge < -0.3 is 19.9 Å². The van der Waals surface area contributed by atoms with E-state index in [-0.39, 0.29) is 6.29 Å². The average Bonchev–Trinajstić information content (AvgIpc) is 2.28. The first kappa shape index (κ1) is 15.7. The molecule has 1 unspecified atom stereocenters. The highest BCUT2D eigenvalue weighted by Crippen LogP contribution is 2.09. The Balaban J connectivity index is 3.71. The number of hydrogen-bond acceptors (Lipinski definition) is 6. The van der Waals surface area contributed by atoms with Gasteiger partial charge in [-0.3, -0.25) is 4.79 Å². The van der Waals surface area contributed by atoms with Crippen molar-refractivity contribution in [2.24, 2.45) is 5.73 Å². The van der Waals surface area contributed by atoms with E-state index >= 15 is 0 Å². The second-order valence-corrected chi connectivity index (χ2v) is 4.08. The molecule has 16 heavy (non-hydrogen) atoms.